The molecule has 0 bridgehead atoms. The van der Waals surface area contributed by atoms with Gasteiger partial charge in [-0.05, 0) is 24.8 Å². The molecule has 0 saturated carbocycles. The smallest absolute Gasteiger partial charge is 0.330 e. The highest BCUT2D eigenvalue weighted by atomic mass is 28.3. The van der Waals surface area contributed by atoms with Crippen LogP contribution in [0.3, 0.4) is 0 Å². The van der Waals surface area contributed by atoms with E-state index in [0.717, 1.165) is 18.9 Å². The van der Waals surface area contributed by atoms with Gasteiger partial charge in [-0.2, -0.15) is 0 Å². The fourth-order valence-corrected chi connectivity index (χ4v) is 2.67. The summed E-state index contributed by atoms with van der Waals surface area (Å²) in [5.74, 6) is 0.0296. The lowest BCUT2D eigenvalue weighted by atomic mass is 10.1. The molecule has 4 nitrogen and oxygen atoms in total. The monoisotopic (exact) mass is 314 g/mol. The Kier molecular flexibility index (Phi) is 7.63. The molecule has 5 heteroatoms. The summed E-state index contributed by atoms with van der Waals surface area (Å²) in [5.41, 5.74) is 0. The summed E-state index contributed by atoms with van der Waals surface area (Å²) in [6, 6.07) is 1.08. The number of carbonyl (C=O) groups is 1. The third-order valence-corrected chi connectivity index (χ3v) is 4.94. The van der Waals surface area contributed by atoms with Crippen molar-refractivity contribution in [1.29, 1.82) is 0 Å². The van der Waals surface area contributed by atoms with E-state index in [4.69, 9.17) is 14.2 Å². The second-order valence-corrected chi connectivity index (χ2v) is 12.8. The van der Waals surface area contributed by atoms with Gasteiger partial charge in [-0.1, -0.05) is 39.6 Å². The maximum atomic E-state index is 11.8. The van der Waals surface area contributed by atoms with E-state index in [0.29, 0.717) is 19.1 Å². The third-order valence-electron chi connectivity index (χ3n) is 3.24. The molecule has 0 aliphatic carbocycles. The van der Waals surface area contributed by atoms with Crippen LogP contribution in [0.4, 0.5) is 0 Å². The Morgan fingerprint density at radius 2 is 2.10 bits per heavy atom. The molecule has 1 heterocycles. The van der Waals surface area contributed by atoms with Gasteiger partial charge < -0.3 is 14.2 Å². The van der Waals surface area contributed by atoms with Crippen molar-refractivity contribution >= 4 is 14.0 Å². The molecule has 0 aromatic rings. The standard InChI is InChI=1S/C16H30O4Si/c1-13(2)8-9-15(17)20-14-7-6-10-18-16(14)19-11-12-21(3,4)5/h8-9,13-14,16H,6-7,10-12H2,1-5H3/b9-8+/t14-,16+/m1/s1. The van der Waals surface area contributed by atoms with Gasteiger partial charge >= 0.3 is 5.97 Å². The van der Waals surface area contributed by atoms with Crippen molar-refractivity contribution in [1.82, 2.24) is 0 Å². The number of carbonyl (C=O) groups excluding carboxylic acids is 1. The molecule has 0 unspecified atom stereocenters. The SMILES string of the molecule is CC(C)/C=C/C(=O)O[C@@H]1CCCO[C@H]1OCC[Si](C)(C)C. The second-order valence-electron chi connectivity index (χ2n) is 7.14. The minimum atomic E-state index is -1.12. The average molecular weight is 314 g/mol. The second kappa shape index (κ2) is 8.71. The molecule has 0 aromatic heterocycles. The molecule has 1 aliphatic heterocycles. The molecule has 0 amide bonds. The van der Waals surface area contributed by atoms with E-state index >= 15 is 0 Å². The number of allylic oxidation sites excluding steroid dienone is 1. The first-order valence-corrected chi connectivity index (χ1v) is 11.6. The van der Waals surface area contributed by atoms with E-state index in [-0.39, 0.29) is 12.1 Å². The highest BCUT2D eigenvalue weighted by Crippen LogP contribution is 2.20. The van der Waals surface area contributed by atoms with E-state index in [1.165, 1.54) is 6.08 Å². The minimum absolute atomic E-state index is 0.287. The molecule has 0 N–H and O–H groups in total. The van der Waals surface area contributed by atoms with Gasteiger partial charge in [-0.3, -0.25) is 0 Å². The number of esters is 1. The lowest BCUT2D eigenvalue weighted by Gasteiger charge is -2.31. The van der Waals surface area contributed by atoms with Crippen LogP contribution < -0.4 is 0 Å². The fraction of sp³-hybridized carbons (Fsp3) is 0.812. The normalized spacial score (nSPS) is 23.7. The fourth-order valence-electron chi connectivity index (χ4n) is 1.94. The summed E-state index contributed by atoms with van der Waals surface area (Å²) in [4.78, 5) is 11.8. The number of hydrogen-bond acceptors (Lipinski definition) is 4. The zero-order valence-electron chi connectivity index (χ0n) is 14.1. The molecular weight excluding hydrogens is 284 g/mol. The third kappa shape index (κ3) is 8.39. The molecule has 0 aromatic carbocycles. The molecule has 0 radical (unpaired) electrons. The first-order valence-electron chi connectivity index (χ1n) is 7.90. The lowest BCUT2D eigenvalue weighted by molar-refractivity contribution is -0.223. The van der Waals surface area contributed by atoms with Crippen LogP contribution >= 0.6 is 0 Å². The summed E-state index contributed by atoms with van der Waals surface area (Å²) in [6.07, 6.45) is 4.35. The molecule has 1 fully saturated rings. The Labute approximate surface area is 129 Å². The van der Waals surface area contributed by atoms with Gasteiger partial charge in [0.25, 0.3) is 0 Å². The van der Waals surface area contributed by atoms with Crippen molar-refractivity contribution in [2.75, 3.05) is 13.2 Å². The Hall–Kier alpha value is -0.653. The van der Waals surface area contributed by atoms with E-state index in [9.17, 15) is 4.79 Å². The quantitative estimate of drug-likeness (QED) is 0.409. The van der Waals surface area contributed by atoms with Crippen LogP contribution in [0.5, 0.6) is 0 Å². The van der Waals surface area contributed by atoms with Gasteiger partial charge in [0.2, 0.25) is 0 Å². The van der Waals surface area contributed by atoms with E-state index in [1.807, 2.05) is 19.9 Å². The van der Waals surface area contributed by atoms with Crippen LogP contribution in [0, 0.1) is 5.92 Å². The van der Waals surface area contributed by atoms with Crippen LogP contribution in [0.25, 0.3) is 0 Å². The molecule has 1 saturated heterocycles. The maximum absolute atomic E-state index is 11.8. The van der Waals surface area contributed by atoms with Crippen LogP contribution in [0.2, 0.25) is 25.7 Å². The van der Waals surface area contributed by atoms with E-state index in [1.54, 1.807) is 0 Å². The van der Waals surface area contributed by atoms with Crippen molar-refractivity contribution in [2.45, 2.75) is 64.8 Å². The highest BCUT2D eigenvalue weighted by Gasteiger charge is 2.30. The Morgan fingerprint density at radius 1 is 1.38 bits per heavy atom. The summed E-state index contributed by atoms with van der Waals surface area (Å²) in [6.45, 7) is 12.3. The topological polar surface area (TPSA) is 44.8 Å². The Morgan fingerprint density at radius 3 is 2.71 bits per heavy atom. The minimum Gasteiger partial charge on any atom is -0.454 e. The van der Waals surface area contributed by atoms with Crippen LogP contribution in [-0.4, -0.2) is 39.7 Å². The van der Waals surface area contributed by atoms with Crippen molar-refractivity contribution in [3.63, 3.8) is 0 Å². The Balaban J connectivity index is 2.43. The van der Waals surface area contributed by atoms with Crippen LogP contribution in [-0.2, 0) is 19.0 Å². The number of rotatable bonds is 7. The average Bonchev–Trinajstić information content (AvgIpc) is 2.37. The van der Waals surface area contributed by atoms with Crippen LogP contribution in [0.1, 0.15) is 26.7 Å². The first-order chi connectivity index (χ1) is 9.78. The van der Waals surface area contributed by atoms with E-state index in [2.05, 4.69) is 19.6 Å². The van der Waals surface area contributed by atoms with Gasteiger partial charge in [-0.25, -0.2) is 4.79 Å². The zero-order valence-corrected chi connectivity index (χ0v) is 15.1. The summed E-state index contributed by atoms with van der Waals surface area (Å²) in [5, 5.41) is 0. The van der Waals surface area contributed by atoms with Crippen molar-refractivity contribution in [3.8, 4) is 0 Å². The summed E-state index contributed by atoms with van der Waals surface area (Å²) >= 11 is 0. The molecule has 2 atom stereocenters. The largest absolute Gasteiger partial charge is 0.454 e. The summed E-state index contributed by atoms with van der Waals surface area (Å²) < 4.78 is 16.9. The number of ether oxygens (including phenoxy) is 3. The summed E-state index contributed by atoms with van der Waals surface area (Å²) in [7, 11) is -1.12. The predicted molar refractivity (Wildman–Crippen MR) is 86.9 cm³/mol. The van der Waals surface area contributed by atoms with Gasteiger partial charge in [0.1, 0.15) is 0 Å². The highest BCUT2D eigenvalue weighted by molar-refractivity contribution is 6.76. The van der Waals surface area contributed by atoms with E-state index < -0.39 is 14.4 Å². The number of hydrogen-bond donors (Lipinski definition) is 0. The molecule has 21 heavy (non-hydrogen) atoms. The molecule has 0 spiro atoms. The van der Waals surface area contributed by atoms with Crippen LogP contribution in [0.15, 0.2) is 12.2 Å². The lowest BCUT2D eigenvalue weighted by Crippen LogP contribution is -2.40. The van der Waals surface area contributed by atoms with Crippen molar-refractivity contribution < 1.29 is 19.0 Å². The predicted octanol–water partition coefficient (Wildman–Crippen LogP) is 3.60. The van der Waals surface area contributed by atoms with Gasteiger partial charge in [-0.15, -0.1) is 0 Å². The first kappa shape index (κ1) is 18.4. The van der Waals surface area contributed by atoms with Gasteiger partial charge in [0.05, 0.1) is 6.61 Å². The molecule has 122 valence electrons. The van der Waals surface area contributed by atoms with Crippen molar-refractivity contribution in [2.24, 2.45) is 5.92 Å². The van der Waals surface area contributed by atoms with Gasteiger partial charge in [0, 0.05) is 20.8 Å². The molecular formula is C16H30O4Si. The molecule has 1 rings (SSSR count). The maximum Gasteiger partial charge on any atom is 0.330 e. The zero-order chi connectivity index (χ0) is 15.9. The Bertz CT molecular complexity index is 347. The van der Waals surface area contributed by atoms with Crippen molar-refractivity contribution in [3.05, 3.63) is 12.2 Å². The molecule has 1 aliphatic rings. The van der Waals surface area contributed by atoms with Gasteiger partial charge in [0.15, 0.2) is 12.4 Å².